The number of hydrogen-bond donors (Lipinski definition) is 3. The van der Waals surface area contributed by atoms with E-state index in [-0.39, 0.29) is 12.5 Å². The molecule has 0 amide bonds. The molecule has 0 aliphatic rings. The molecule has 0 aliphatic heterocycles. The third-order valence-corrected chi connectivity index (χ3v) is 4.01. The number of aliphatic hydroxyl groups excluding tert-OH is 1. The molecule has 5 heteroatoms. The number of carboxylic acid groups (broad SMARTS) is 1. The van der Waals surface area contributed by atoms with E-state index in [1.165, 1.54) is 0 Å². The number of carbonyl (C=O) groups is 1. The molecule has 0 fully saturated rings. The van der Waals surface area contributed by atoms with Crippen LogP contribution >= 0.6 is 0 Å². The van der Waals surface area contributed by atoms with E-state index in [0.29, 0.717) is 11.3 Å². The van der Waals surface area contributed by atoms with E-state index >= 15 is 0 Å². The number of ether oxygens (including phenoxy) is 1. The van der Waals surface area contributed by atoms with Crippen LogP contribution in [0.15, 0.2) is 54.6 Å². The molecular formula is C19H23NO4. The minimum atomic E-state index is -0.981. The summed E-state index contributed by atoms with van der Waals surface area (Å²) >= 11 is 0. The summed E-state index contributed by atoms with van der Waals surface area (Å²) in [5.41, 5.74) is 1.67. The molecule has 0 spiro atoms. The molecule has 0 aliphatic carbocycles. The molecule has 5 nitrogen and oxygen atoms in total. The predicted octanol–water partition coefficient (Wildman–Crippen LogP) is 2.92. The van der Waals surface area contributed by atoms with Crippen LogP contribution in [0.25, 0.3) is 0 Å². The van der Waals surface area contributed by atoms with Crippen molar-refractivity contribution in [3.05, 3.63) is 65.7 Å². The number of benzene rings is 2. The monoisotopic (exact) mass is 329 g/mol. The lowest BCUT2D eigenvalue weighted by Crippen LogP contribution is -2.39. The van der Waals surface area contributed by atoms with Crippen LogP contribution < -0.4 is 10.1 Å². The van der Waals surface area contributed by atoms with Gasteiger partial charge in [0.2, 0.25) is 0 Å². The van der Waals surface area contributed by atoms with E-state index in [4.69, 9.17) is 4.74 Å². The maximum Gasteiger partial charge on any atom is 0.320 e. The second-order valence-corrected chi connectivity index (χ2v) is 5.71. The second kappa shape index (κ2) is 8.47. The van der Waals surface area contributed by atoms with Crippen LogP contribution in [-0.2, 0) is 4.79 Å². The highest BCUT2D eigenvalue weighted by Gasteiger charge is 2.24. The minimum absolute atomic E-state index is 0.0822. The van der Waals surface area contributed by atoms with Gasteiger partial charge in [0.25, 0.3) is 0 Å². The van der Waals surface area contributed by atoms with Gasteiger partial charge in [-0.3, -0.25) is 10.1 Å². The van der Waals surface area contributed by atoms with Gasteiger partial charge in [-0.1, -0.05) is 42.5 Å². The first-order chi connectivity index (χ1) is 11.5. The predicted molar refractivity (Wildman–Crippen MR) is 92.0 cm³/mol. The Labute approximate surface area is 141 Å². The van der Waals surface area contributed by atoms with E-state index in [1.54, 1.807) is 31.4 Å². The normalized spacial score (nSPS) is 14.6. The molecule has 0 saturated carbocycles. The SMILES string of the molecule is COc1ccc([C@@H](O)C[C@@H](N[C@H](C)c2ccccc2)C(=O)O)cc1. The fourth-order valence-electron chi connectivity index (χ4n) is 2.57. The lowest BCUT2D eigenvalue weighted by Gasteiger charge is -2.23. The number of hydrogen-bond acceptors (Lipinski definition) is 4. The first kappa shape index (κ1) is 18.0. The Morgan fingerprint density at radius 3 is 2.25 bits per heavy atom. The minimum Gasteiger partial charge on any atom is -0.497 e. The van der Waals surface area contributed by atoms with Gasteiger partial charge in [-0.15, -0.1) is 0 Å². The molecule has 0 heterocycles. The molecule has 0 radical (unpaired) electrons. The Morgan fingerprint density at radius 2 is 1.71 bits per heavy atom. The zero-order valence-electron chi connectivity index (χ0n) is 13.8. The molecule has 0 bridgehead atoms. The highest BCUT2D eigenvalue weighted by atomic mass is 16.5. The zero-order valence-corrected chi connectivity index (χ0v) is 13.8. The number of aliphatic hydroxyl groups is 1. The summed E-state index contributed by atoms with van der Waals surface area (Å²) in [4.78, 5) is 11.5. The van der Waals surface area contributed by atoms with Gasteiger partial charge in [0.15, 0.2) is 0 Å². The summed E-state index contributed by atoms with van der Waals surface area (Å²) in [6.07, 6.45) is -0.786. The highest BCUT2D eigenvalue weighted by molar-refractivity contribution is 5.73. The topological polar surface area (TPSA) is 78.8 Å². The van der Waals surface area contributed by atoms with Gasteiger partial charge in [-0.05, 0) is 30.2 Å². The molecule has 2 rings (SSSR count). The highest BCUT2D eigenvalue weighted by Crippen LogP contribution is 2.23. The number of carboxylic acids is 1. The van der Waals surface area contributed by atoms with Crippen LogP contribution in [0.1, 0.15) is 36.6 Å². The Hall–Kier alpha value is -2.37. The van der Waals surface area contributed by atoms with Crippen molar-refractivity contribution >= 4 is 5.97 Å². The van der Waals surface area contributed by atoms with Crippen LogP contribution in [0.4, 0.5) is 0 Å². The third-order valence-electron chi connectivity index (χ3n) is 4.01. The molecule has 0 aromatic heterocycles. The van der Waals surface area contributed by atoms with Crippen LogP contribution in [0, 0.1) is 0 Å². The zero-order chi connectivity index (χ0) is 17.5. The Kier molecular flexibility index (Phi) is 6.35. The smallest absolute Gasteiger partial charge is 0.320 e. The fourth-order valence-corrected chi connectivity index (χ4v) is 2.57. The summed E-state index contributed by atoms with van der Waals surface area (Å²) in [6, 6.07) is 15.6. The Morgan fingerprint density at radius 1 is 1.08 bits per heavy atom. The summed E-state index contributed by atoms with van der Waals surface area (Å²) in [7, 11) is 1.57. The summed E-state index contributed by atoms with van der Waals surface area (Å²) < 4.78 is 5.08. The Balaban J connectivity index is 2.03. The van der Waals surface area contributed by atoms with Gasteiger partial charge >= 0.3 is 5.97 Å². The van der Waals surface area contributed by atoms with E-state index in [2.05, 4.69) is 5.32 Å². The first-order valence-corrected chi connectivity index (χ1v) is 7.87. The van der Waals surface area contributed by atoms with Gasteiger partial charge in [-0.2, -0.15) is 0 Å². The van der Waals surface area contributed by atoms with Crippen molar-refractivity contribution in [2.45, 2.75) is 31.5 Å². The largest absolute Gasteiger partial charge is 0.497 e. The summed E-state index contributed by atoms with van der Waals surface area (Å²) in [6.45, 7) is 1.91. The number of nitrogens with one attached hydrogen (secondary N) is 1. The standard InChI is InChI=1S/C19H23NO4/c1-13(14-6-4-3-5-7-14)20-17(19(22)23)12-18(21)15-8-10-16(24-2)11-9-15/h3-11,13,17-18,20-21H,12H2,1-2H3,(H,22,23)/t13-,17-,18+/m1/s1. The first-order valence-electron chi connectivity index (χ1n) is 7.87. The van der Waals surface area contributed by atoms with Gasteiger partial charge < -0.3 is 14.9 Å². The maximum absolute atomic E-state index is 11.5. The van der Waals surface area contributed by atoms with Crippen LogP contribution in [0.5, 0.6) is 5.75 Å². The molecule has 24 heavy (non-hydrogen) atoms. The molecule has 0 saturated heterocycles. The van der Waals surface area contributed by atoms with E-state index in [1.807, 2.05) is 37.3 Å². The van der Waals surface area contributed by atoms with Crippen molar-refractivity contribution in [1.82, 2.24) is 5.32 Å². The van der Waals surface area contributed by atoms with Crippen LogP contribution in [0.2, 0.25) is 0 Å². The van der Waals surface area contributed by atoms with Crippen molar-refractivity contribution in [2.75, 3.05) is 7.11 Å². The lowest BCUT2D eigenvalue weighted by molar-refractivity contribution is -0.140. The number of rotatable bonds is 8. The van der Waals surface area contributed by atoms with Gasteiger partial charge in [0.1, 0.15) is 11.8 Å². The molecule has 0 unspecified atom stereocenters. The van der Waals surface area contributed by atoms with E-state index in [0.717, 1.165) is 5.56 Å². The molecular weight excluding hydrogens is 306 g/mol. The maximum atomic E-state index is 11.5. The van der Waals surface area contributed by atoms with Crippen molar-refractivity contribution in [2.24, 2.45) is 0 Å². The van der Waals surface area contributed by atoms with Gasteiger partial charge in [0.05, 0.1) is 13.2 Å². The van der Waals surface area contributed by atoms with Crippen molar-refractivity contribution < 1.29 is 19.7 Å². The van der Waals surface area contributed by atoms with Gasteiger partial charge in [0, 0.05) is 12.5 Å². The van der Waals surface area contributed by atoms with Gasteiger partial charge in [-0.25, -0.2) is 0 Å². The third kappa shape index (κ3) is 4.81. The second-order valence-electron chi connectivity index (χ2n) is 5.71. The molecule has 2 aromatic carbocycles. The average Bonchev–Trinajstić information content (AvgIpc) is 2.61. The lowest BCUT2D eigenvalue weighted by atomic mass is 10.00. The molecule has 3 N–H and O–H groups in total. The summed E-state index contributed by atoms with van der Waals surface area (Å²) in [5.74, 6) is -0.290. The molecule has 2 aromatic rings. The average molecular weight is 329 g/mol. The Bertz CT molecular complexity index is 642. The van der Waals surface area contributed by atoms with Crippen molar-refractivity contribution in [3.8, 4) is 5.75 Å². The fraction of sp³-hybridized carbons (Fsp3) is 0.316. The quantitative estimate of drug-likeness (QED) is 0.694. The van der Waals surface area contributed by atoms with Crippen molar-refractivity contribution in [1.29, 1.82) is 0 Å². The van der Waals surface area contributed by atoms with Crippen LogP contribution in [0.3, 0.4) is 0 Å². The van der Waals surface area contributed by atoms with Crippen LogP contribution in [-0.4, -0.2) is 29.3 Å². The number of aliphatic carboxylic acids is 1. The van der Waals surface area contributed by atoms with E-state index in [9.17, 15) is 15.0 Å². The summed E-state index contributed by atoms with van der Waals surface area (Å²) in [5, 5.41) is 22.9. The molecule has 128 valence electrons. The number of methoxy groups -OCH3 is 1. The van der Waals surface area contributed by atoms with Crippen molar-refractivity contribution in [3.63, 3.8) is 0 Å². The van der Waals surface area contributed by atoms with E-state index < -0.39 is 18.1 Å². The molecule has 3 atom stereocenters.